The second kappa shape index (κ2) is 6.78. The number of nitrogens with one attached hydrogen (secondary N) is 1. The Kier molecular flexibility index (Phi) is 5.34. The fourth-order valence-corrected chi connectivity index (χ4v) is 4.02. The summed E-state index contributed by atoms with van der Waals surface area (Å²) in [5.74, 6) is 1.91. The highest BCUT2D eigenvalue weighted by Crippen LogP contribution is 2.30. The molecule has 0 heterocycles. The largest absolute Gasteiger partial charge is 0.311 e. The standard InChI is InChI=1S/C16H31N/c1-3-14-9-7-8-12-16(14)17-13(2)15-10-5-4-6-11-15/h13-17H,3-12H2,1-2H3/t13-,14?,16?/m1/s1. The average Bonchev–Trinajstić information content (AvgIpc) is 2.40. The summed E-state index contributed by atoms with van der Waals surface area (Å²) in [6.45, 7) is 4.81. The second-order valence-corrected chi connectivity index (χ2v) is 6.41. The van der Waals surface area contributed by atoms with Gasteiger partial charge in [0.2, 0.25) is 0 Å². The number of hydrogen-bond donors (Lipinski definition) is 1. The number of hydrogen-bond acceptors (Lipinski definition) is 1. The Morgan fingerprint density at radius 2 is 1.59 bits per heavy atom. The quantitative estimate of drug-likeness (QED) is 0.758. The van der Waals surface area contributed by atoms with Crippen molar-refractivity contribution < 1.29 is 0 Å². The Hall–Kier alpha value is -0.0400. The summed E-state index contributed by atoms with van der Waals surface area (Å²) >= 11 is 0. The first-order valence-corrected chi connectivity index (χ1v) is 8.07. The van der Waals surface area contributed by atoms with Gasteiger partial charge in [-0.25, -0.2) is 0 Å². The van der Waals surface area contributed by atoms with Crippen molar-refractivity contribution in [2.45, 2.75) is 90.1 Å². The van der Waals surface area contributed by atoms with Gasteiger partial charge in [0.05, 0.1) is 0 Å². The molecule has 0 spiro atoms. The molecule has 1 nitrogen and oxygen atoms in total. The lowest BCUT2D eigenvalue weighted by atomic mass is 9.80. The van der Waals surface area contributed by atoms with Crippen LogP contribution in [0, 0.1) is 11.8 Å². The highest BCUT2D eigenvalue weighted by molar-refractivity contribution is 4.85. The van der Waals surface area contributed by atoms with Gasteiger partial charge in [-0.05, 0) is 44.4 Å². The molecule has 2 rings (SSSR count). The molecule has 0 bridgehead atoms. The molecule has 2 fully saturated rings. The monoisotopic (exact) mass is 237 g/mol. The van der Waals surface area contributed by atoms with E-state index in [-0.39, 0.29) is 0 Å². The molecule has 3 atom stereocenters. The lowest BCUT2D eigenvalue weighted by Crippen LogP contribution is -2.46. The zero-order valence-electron chi connectivity index (χ0n) is 11.9. The molecule has 17 heavy (non-hydrogen) atoms. The molecule has 0 aliphatic heterocycles. The van der Waals surface area contributed by atoms with E-state index in [2.05, 4.69) is 19.2 Å². The third-order valence-electron chi connectivity index (χ3n) is 5.27. The summed E-state index contributed by atoms with van der Waals surface area (Å²) in [5.41, 5.74) is 0. The molecule has 0 radical (unpaired) electrons. The summed E-state index contributed by atoms with van der Waals surface area (Å²) in [7, 11) is 0. The molecule has 0 amide bonds. The molecule has 1 N–H and O–H groups in total. The fraction of sp³-hybridized carbons (Fsp3) is 1.00. The predicted molar refractivity (Wildman–Crippen MR) is 75.2 cm³/mol. The van der Waals surface area contributed by atoms with Gasteiger partial charge in [-0.3, -0.25) is 0 Å². The minimum Gasteiger partial charge on any atom is -0.311 e. The maximum Gasteiger partial charge on any atom is 0.00978 e. The van der Waals surface area contributed by atoms with Crippen LogP contribution in [-0.2, 0) is 0 Å². The van der Waals surface area contributed by atoms with E-state index in [0.29, 0.717) is 0 Å². The SMILES string of the molecule is CCC1CCCCC1N[C@H](C)C1CCCCC1. The first-order chi connectivity index (χ1) is 8.31. The van der Waals surface area contributed by atoms with Gasteiger partial charge in [-0.1, -0.05) is 45.4 Å². The first-order valence-electron chi connectivity index (χ1n) is 8.07. The highest BCUT2D eigenvalue weighted by Gasteiger charge is 2.27. The third-order valence-corrected chi connectivity index (χ3v) is 5.27. The Morgan fingerprint density at radius 3 is 2.29 bits per heavy atom. The van der Waals surface area contributed by atoms with Gasteiger partial charge in [0.15, 0.2) is 0 Å². The van der Waals surface area contributed by atoms with Gasteiger partial charge in [0, 0.05) is 12.1 Å². The van der Waals surface area contributed by atoms with E-state index in [0.717, 1.165) is 23.9 Å². The molecule has 1 heteroatoms. The van der Waals surface area contributed by atoms with Crippen LogP contribution in [-0.4, -0.2) is 12.1 Å². The Labute approximate surface area is 108 Å². The van der Waals surface area contributed by atoms with Crippen molar-refractivity contribution in [3.05, 3.63) is 0 Å². The van der Waals surface area contributed by atoms with Gasteiger partial charge in [0.1, 0.15) is 0 Å². The van der Waals surface area contributed by atoms with Gasteiger partial charge < -0.3 is 5.32 Å². The molecule has 2 aliphatic rings. The van der Waals surface area contributed by atoms with Gasteiger partial charge >= 0.3 is 0 Å². The molecule has 0 aromatic rings. The Morgan fingerprint density at radius 1 is 0.941 bits per heavy atom. The minimum atomic E-state index is 0.757. The first kappa shape index (κ1) is 13.4. The van der Waals surface area contributed by atoms with Gasteiger partial charge in [-0.2, -0.15) is 0 Å². The highest BCUT2D eigenvalue weighted by atomic mass is 15.0. The van der Waals surface area contributed by atoms with Crippen LogP contribution in [0.1, 0.15) is 78.1 Å². The van der Waals surface area contributed by atoms with Crippen LogP contribution in [0.2, 0.25) is 0 Å². The van der Waals surface area contributed by atoms with Crippen molar-refractivity contribution in [2.24, 2.45) is 11.8 Å². The van der Waals surface area contributed by atoms with Crippen molar-refractivity contribution in [2.75, 3.05) is 0 Å². The van der Waals surface area contributed by atoms with Gasteiger partial charge in [-0.15, -0.1) is 0 Å². The van der Waals surface area contributed by atoms with Crippen LogP contribution >= 0.6 is 0 Å². The van der Waals surface area contributed by atoms with Crippen molar-refractivity contribution in [1.82, 2.24) is 5.32 Å². The van der Waals surface area contributed by atoms with Crippen LogP contribution in [0.5, 0.6) is 0 Å². The zero-order chi connectivity index (χ0) is 12.1. The average molecular weight is 237 g/mol. The lowest BCUT2D eigenvalue weighted by Gasteiger charge is -2.37. The van der Waals surface area contributed by atoms with E-state index in [1.807, 2.05) is 0 Å². The zero-order valence-corrected chi connectivity index (χ0v) is 11.9. The van der Waals surface area contributed by atoms with Crippen molar-refractivity contribution in [3.8, 4) is 0 Å². The predicted octanol–water partition coefficient (Wildman–Crippen LogP) is 4.51. The summed E-state index contributed by atoms with van der Waals surface area (Å²) in [6.07, 6.45) is 14.5. The molecular formula is C16H31N. The maximum absolute atomic E-state index is 3.99. The van der Waals surface area contributed by atoms with Crippen LogP contribution < -0.4 is 5.32 Å². The van der Waals surface area contributed by atoms with E-state index < -0.39 is 0 Å². The Balaban J connectivity index is 1.81. The lowest BCUT2D eigenvalue weighted by molar-refractivity contribution is 0.197. The summed E-state index contributed by atoms with van der Waals surface area (Å²) < 4.78 is 0. The smallest absolute Gasteiger partial charge is 0.00978 e. The van der Waals surface area contributed by atoms with Crippen LogP contribution in [0.25, 0.3) is 0 Å². The topological polar surface area (TPSA) is 12.0 Å². The molecule has 0 saturated heterocycles. The maximum atomic E-state index is 3.99. The minimum absolute atomic E-state index is 0.757. The summed E-state index contributed by atoms with van der Waals surface area (Å²) in [5, 5.41) is 3.99. The molecule has 2 aliphatic carbocycles. The summed E-state index contributed by atoms with van der Waals surface area (Å²) in [6, 6.07) is 1.58. The van der Waals surface area contributed by atoms with E-state index in [9.17, 15) is 0 Å². The molecule has 0 aromatic heterocycles. The van der Waals surface area contributed by atoms with E-state index in [4.69, 9.17) is 0 Å². The van der Waals surface area contributed by atoms with Crippen LogP contribution in [0.3, 0.4) is 0 Å². The van der Waals surface area contributed by atoms with Crippen molar-refractivity contribution in [1.29, 1.82) is 0 Å². The van der Waals surface area contributed by atoms with E-state index in [1.54, 1.807) is 0 Å². The fourth-order valence-electron chi connectivity index (χ4n) is 4.02. The van der Waals surface area contributed by atoms with E-state index >= 15 is 0 Å². The molecular weight excluding hydrogens is 206 g/mol. The molecule has 0 aromatic carbocycles. The number of rotatable bonds is 4. The Bertz CT molecular complexity index is 208. The summed E-state index contributed by atoms with van der Waals surface area (Å²) in [4.78, 5) is 0. The third kappa shape index (κ3) is 3.71. The van der Waals surface area contributed by atoms with Crippen molar-refractivity contribution in [3.63, 3.8) is 0 Å². The molecule has 2 unspecified atom stereocenters. The molecule has 100 valence electrons. The van der Waals surface area contributed by atoms with Crippen molar-refractivity contribution >= 4 is 0 Å². The second-order valence-electron chi connectivity index (χ2n) is 6.41. The van der Waals surface area contributed by atoms with Gasteiger partial charge in [0.25, 0.3) is 0 Å². The molecule has 2 saturated carbocycles. The van der Waals surface area contributed by atoms with E-state index in [1.165, 1.54) is 64.2 Å². The van der Waals surface area contributed by atoms with Crippen LogP contribution in [0.4, 0.5) is 0 Å². The normalized spacial score (nSPS) is 33.5. The van der Waals surface area contributed by atoms with Crippen LogP contribution in [0.15, 0.2) is 0 Å².